The molecule has 0 unspecified atom stereocenters. The maximum atomic E-state index is 4.37. The summed E-state index contributed by atoms with van der Waals surface area (Å²) in [5, 5.41) is 4.37. The minimum Gasteiger partial charge on any atom is -0.309 e. The summed E-state index contributed by atoms with van der Waals surface area (Å²) >= 11 is 5.52. The van der Waals surface area contributed by atoms with Crippen LogP contribution >= 0.6 is 27.7 Å². The fraction of sp³-hybridized carbons (Fsp3) is 0.700. The van der Waals surface area contributed by atoms with E-state index in [1.165, 1.54) is 5.69 Å². The summed E-state index contributed by atoms with van der Waals surface area (Å²) in [5.74, 6) is 2.18. The number of hydrogen-bond donors (Lipinski definition) is 0. The highest BCUT2D eigenvalue weighted by Crippen LogP contribution is 2.24. The minimum absolute atomic E-state index is 1.02. The number of rotatable bonds is 5. The van der Waals surface area contributed by atoms with Gasteiger partial charge in [0.05, 0.1) is 15.9 Å². The predicted octanol–water partition coefficient (Wildman–Crippen LogP) is 2.29. The molecule has 1 heterocycles. The zero-order valence-electron chi connectivity index (χ0n) is 9.75. The van der Waals surface area contributed by atoms with Gasteiger partial charge in [0.25, 0.3) is 0 Å². The molecular formula is C10H18BrN3S. The fourth-order valence-electron chi connectivity index (χ4n) is 1.25. The molecule has 1 aromatic heterocycles. The van der Waals surface area contributed by atoms with Crippen LogP contribution in [0.3, 0.4) is 0 Å². The number of thioether (sulfide) groups is 1. The number of aromatic nitrogens is 2. The fourth-order valence-corrected chi connectivity index (χ4v) is 3.08. The van der Waals surface area contributed by atoms with Crippen LogP contribution in [0, 0.1) is 6.92 Å². The smallest absolute Gasteiger partial charge is 0.0738 e. The molecule has 3 nitrogen and oxygen atoms in total. The Morgan fingerprint density at radius 1 is 1.47 bits per heavy atom. The molecule has 1 rings (SSSR count). The van der Waals surface area contributed by atoms with Crippen LogP contribution in [0.15, 0.2) is 4.47 Å². The largest absolute Gasteiger partial charge is 0.309 e. The van der Waals surface area contributed by atoms with Gasteiger partial charge in [-0.1, -0.05) is 0 Å². The third-order valence-electron chi connectivity index (χ3n) is 2.18. The highest BCUT2D eigenvalue weighted by Gasteiger charge is 2.09. The average molecular weight is 292 g/mol. The third kappa shape index (κ3) is 3.81. The first-order chi connectivity index (χ1) is 7.02. The van der Waals surface area contributed by atoms with Crippen LogP contribution in [0.4, 0.5) is 0 Å². The summed E-state index contributed by atoms with van der Waals surface area (Å²) < 4.78 is 3.12. The zero-order valence-corrected chi connectivity index (χ0v) is 12.2. The molecule has 0 fully saturated rings. The van der Waals surface area contributed by atoms with E-state index in [9.17, 15) is 0 Å². The SMILES string of the molecule is Cc1nn(C)c(CSCCN(C)C)c1Br. The molecule has 0 spiro atoms. The monoisotopic (exact) mass is 291 g/mol. The summed E-state index contributed by atoms with van der Waals surface area (Å²) in [6, 6.07) is 0. The van der Waals surface area contributed by atoms with Crippen LogP contribution in [0.25, 0.3) is 0 Å². The molecule has 5 heteroatoms. The molecule has 0 aliphatic heterocycles. The molecule has 0 N–H and O–H groups in total. The van der Waals surface area contributed by atoms with Crippen molar-refractivity contribution in [3.8, 4) is 0 Å². The normalized spacial score (nSPS) is 11.3. The van der Waals surface area contributed by atoms with Gasteiger partial charge in [-0.15, -0.1) is 0 Å². The first-order valence-corrected chi connectivity index (χ1v) is 6.87. The second-order valence-corrected chi connectivity index (χ2v) is 5.72. The molecule has 0 atom stereocenters. The van der Waals surface area contributed by atoms with Crippen molar-refractivity contribution in [2.24, 2.45) is 7.05 Å². The van der Waals surface area contributed by atoms with Crippen LogP contribution in [-0.4, -0.2) is 41.1 Å². The molecule has 0 bridgehead atoms. The van der Waals surface area contributed by atoms with E-state index in [2.05, 4.69) is 40.0 Å². The molecule has 0 aromatic carbocycles. The van der Waals surface area contributed by atoms with Crippen LogP contribution in [0.1, 0.15) is 11.4 Å². The van der Waals surface area contributed by atoms with Gasteiger partial charge in [0.1, 0.15) is 0 Å². The van der Waals surface area contributed by atoms with E-state index in [-0.39, 0.29) is 0 Å². The summed E-state index contributed by atoms with van der Waals surface area (Å²) in [6.45, 7) is 3.15. The lowest BCUT2D eigenvalue weighted by Crippen LogP contribution is -2.15. The van der Waals surface area contributed by atoms with Gasteiger partial charge < -0.3 is 4.90 Å². The van der Waals surface area contributed by atoms with E-state index in [0.717, 1.165) is 28.2 Å². The van der Waals surface area contributed by atoms with Crippen molar-refractivity contribution in [2.45, 2.75) is 12.7 Å². The maximum absolute atomic E-state index is 4.37. The maximum Gasteiger partial charge on any atom is 0.0738 e. The Balaban J connectivity index is 2.44. The van der Waals surface area contributed by atoms with E-state index in [0.29, 0.717) is 0 Å². The van der Waals surface area contributed by atoms with Gasteiger partial charge in [0.15, 0.2) is 0 Å². The molecule has 1 aromatic rings. The highest BCUT2D eigenvalue weighted by atomic mass is 79.9. The van der Waals surface area contributed by atoms with Crippen LogP contribution in [0.2, 0.25) is 0 Å². The number of nitrogens with zero attached hydrogens (tertiary/aromatic N) is 3. The van der Waals surface area contributed by atoms with E-state index < -0.39 is 0 Å². The summed E-state index contributed by atoms with van der Waals surface area (Å²) in [6.07, 6.45) is 0. The molecule has 15 heavy (non-hydrogen) atoms. The van der Waals surface area contributed by atoms with Crippen molar-refractivity contribution >= 4 is 27.7 Å². The van der Waals surface area contributed by atoms with Crippen molar-refractivity contribution in [3.63, 3.8) is 0 Å². The second-order valence-electron chi connectivity index (χ2n) is 3.83. The van der Waals surface area contributed by atoms with E-state index in [4.69, 9.17) is 0 Å². The quantitative estimate of drug-likeness (QED) is 0.777. The van der Waals surface area contributed by atoms with E-state index in [1.807, 2.05) is 30.4 Å². The summed E-state index contributed by atoms with van der Waals surface area (Å²) in [5.41, 5.74) is 2.34. The van der Waals surface area contributed by atoms with Gasteiger partial charge in [-0.2, -0.15) is 16.9 Å². The predicted molar refractivity (Wildman–Crippen MR) is 70.4 cm³/mol. The lowest BCUT2D eigenvalue weighted by atomic mass is 10.4. The van der Waals surface area contributed by atoms with Crippen molar-refractivity contribution in [2.75, 3.05) is 26.4 Å². The standard InChI is InChI=1S/C10H18BrN3S/c1-8-10(11)9(14(4)12-8)7-15-6-5-13(2)3/h5-7H2,1-4H3. The van der Waals surface area contributed by atoms with Gasteiger partial charge in [-0.05, 0) is 36.9 Å². The first kappa shape index (κ1) is 13.1. The Kier molecular flexibility index (Phi) is 5.15. The Bertz CT molecular complexity index is 323. The van der Waals surface area contributed by atoms with Crippen LogP contribution < -0.4 is 0 Å². The van der Waals surface area contributed by atoms with E-state index >= 15 is 0 Å². The number of aryl methyl sites for hydroxylation is 2. The summed E-state index contributed by atoms with van der Waals surface area (Å²) in [7, 11) is 6.20. The Morgan fingerprint density at radius 3 is 2.60 bits per heavy atom. The van der Waals surface area contributed by atoms with Gasteiger partial charge in [-0.3, -0.25) is 4.68 Å². The molecule has 0 saturated carbocycles. The third-order valence-corrected chi connectivity index (χ3v) is 4.16. The Morgan fingerprint density at radius 2 is 2.13 bits per heavy atom. The Labute approximate surface area is 104 Å². The molecular weight excluding hydrogens is 274 g/mol. The Hall–Kier alpha value is -0.0000000000000000555. The second kappa shape index (κ2) is 5.92. The van der Waals surface area contributed by atoms with E-state index in [1.54, 1.807) is 0 Å². The number of halogens is 1. The lowest BCUT2D eigenvalue weighted by molar-refractivity contribution is 0.437. The van der Waals surface area contributed by atoms with Crippen molar-refractivity contribution < 1.29 is 0 Å². The van der Waals surface area contributed by atoms with Gasteiger partial charge in [0.2, 0.25) is 0 Å². The van der Waals surface area contributed by atoms with Gasteiger partial charge >= 0.3 is 0 Å². The van der Waals surface area contributed by atoms with Crippen molar-refractivity contribution in [1.82, 2.24) is 14.7 Å². The highest BCUT2D eigenvalue weighted by molar-refractivity contribution is 9.10. The molecule has 0 radical (unpaired) electrons. The topological polar surface area (TPSA) is 21.1 Å². The lowest BCUT2D eigenvalue weighted by Gasteiger charge is -2.08. The van der Waals surface area contributed by atoms with Crippen LogP contribution in [0.5, 0.6) is 0 Å². The molecule has 0 aliphatic carbocycles. The molecule has 0 saturated heterocycles. The van der Waals surface area contributed by atoms with Gasteiger partial charge in [-0.25, -0.2) is 0 Å². The minimum atomic E-state index is 1.02. The molecule has 0 amide bonds. The van der Waals surface area contributed by atoms with Gasteiger partial charge in [0, 0.05) is 25.1 Å². The summed E-state index contributed by atoms with van der Waals surface area (Å²) in [4.78, 5) is 2.20. The zero-order chi connectivity index (χ0) is 11.4. The van der Waals surface area contributed by atoms with Crippen LogP contribution in [-0.2, 0) is 12.8 Å². The average Bonchev–Trinajstić information content (AvgIpc) is 2.37. The number of hydrogen-bond acceptors (Lipinski definition) is 3. The molecule has 0 aliphatic rings. The molecule has 86 valence electrons. The van der Waals surface area contributed by atoms with Crippen molar-refractivity contribution in [3.05, 3.63) is 15.9 Å². The van der Waals surface area contributed by atoms with Crippen molar-refractivity contribution in [1.29, 1.82) is 0 Å². The first-order valence-electron chi connectivity index (χ1n) is 4.92.